The molecule has 7 heteroatoms. The number of hydrogen-bond donors (Lipinski definition) is 2. The van der Waals surface area contributed by atoms with E-state index in [1.165, 1.54) is 16.6 Å². The van der Waals surface area contributed by atoms with Crippen LogP contribution in [0.2, 0.25) is 0 Å². The summed E-state index contributed by atoms with van der Waals surface area (Å²) >= 11 is 0. The summed E-state index contributed by atoms with van der Waals surface area (Å²) in [7, 11) is -1.91. The van der Waals surface area contributed by atoms with Gasteiger partial charge in [0.05, 0.1) is 17.1 Å². The van der Waals surface area contributed by atoms with Gasteiger partial charge in [0.2, 0.25) is 10.0 Å². The van der Waals surface area contributed by atoms with Gasteiger partial charge < -0.3 is 14.8 Å². The van der Waals surface area contributed by atoms with Crippen molar-refractivity contribution in [3.63, 3.8) is 0 Å². The number of hydrogen-bond acceptors (Lipinski definition) is 4. The first-order valence-corrected chi connectivity index (χ1v) is 7.69. The van der Waals surface area contributed by atoms with Crippen LogP contribution in [0, 0.1) is 0 Å². The standard InChI is InChI=1S/C12H20N2O4S/c1-12(18-2)4-3-5-14(9-12)19(16,17)11-6-10(8-15)13-7-11/h6-7,13,15H,3-5,8-9H2,1-2H3. The van der Waals surface area contributed by atoms with Crippen LogP contribution in [-0.2, 0) is 21.4 Å². The Morgan fingerprint density at radius 1 is 1.58 bits per heavy atom. The molecule has 1 aromatic heterocycles. The Bertz CT molecular complexity index is 540. The zero-order chi connectivity index (χ0) is 14.1. The highest BCUT2D eigenvalue weighted by Crippen LogP contribution is 2.28. The van der Waals surface area contributed by atoms with Crippen LogP contribution in [-0.4, -0.2) is 48.6 Å². The highest BCUT2D eigenvalue weighted by molar-refractivity contribution is 7.89. The maximum Gasteiger partial charge on any atom is 0.244 e. The number of ether oxygens (including phenoxy) is 1. The van der Waals surface area contributed by atoms with Crippen molar-refractivity contribution < 1.29 is 18.3 Å². The Labute approximate surface area is 113 Å². The smallest absolute Gasteiger partial charge is 0.244 e. The quantitative estimate of drug-likeness (QED) is 0.854. The van der Waals surface area contributed by atoms with Gasteiger partial charge in [-0.25, -0.2) is 8.42 Å². The van der Waals surface area contributed by atoms with Gasteiger partial charge in [0.1, 0.15) is 0 Å². The summed E-state index contributed by atoms with van der Waals surface area (Å²) in [5, 5.41) is 8.99. The third-order valence-electron chi connectivity index (χ3n) is 3.64. The average Bonchev–Trinajstić information content (AvgIpc) is 2.88. The van der Waals surface area contributed by atoms with Gasteiger partial charge >= 0.3 is 0 Å². The Morgan fingerprint density at radius 3 is 2.89 bits per heavy atom. The highest BCUT2D eigenvalue weighted by atomic mass is 32.2. The molecule has 2 rings (SSSR count). The molecule has 1 unspecified atom stereocenters. The van der Waals surface area contributed by atoms with Gasteiger partial charge in [0.25, 0.3) is 0 Å². The van der Waals surface area contributed by atoms with E-state index in [1.54, 1.807) is 7.11 Å². The molecule has 0 aromatic carbocycles. The van der Waals surface area contributed by atoms with Crippen molar-refractivity contribution in [1.82, 2.24) is 9.29 Å². The van der Waals surface area contributed by atoms with Crippen molar-refractivity contribution in [2.45, 2.75) is 36.9 Å². The van der Waals surface area contributed by atoms with E-state index in [1.807, 2.05) is 6.92 Å². The summed E-state index contributed by atoms with van der Waals surface area (Å²) in [5.74, 6) is 0. The second-order valence-electron chi connectivity index (χ2n) is 5.11. The number of aromatic amines is 1. The van der Waals surface area contributed by atoms with E-state index in [9.17, 15) is 8.42 Å². The van der Waals surface area contributed by atoms with Crippen molar-refractivity contribution in [3.8, 4) is 0 Å². The molecule has 2 N–H and O–H groups in total. The largest absolute Gasteiger partial charge is 0.390 e. The first kappa shape index (κ1) is 14.5. The van der Waals surface area contributed by atoms with Gasteiger partial charge in [-0.1, -0.05) is 0 Å². The highest BCUT2D eigenvalue weighted by Gasteiger charge is 2.37. The molecule has 1 fully saturated rings. The zero-order valence-electron chi connectivity index (χ0n) is 11.2. The van der Waals surface area contributed by atoms with Crippen LogP contribution in [0.4, 0.5) is 0 Å². The van der Waals surface area contributed by atoms with Crippen molar-refractivity contribution in [3.05, 3.63) is 18.0 Å². The molecule has 1 aliphatic heterocycles. The molecule has 108 valence electrons. The molecule has 0 saturated carbocycles. The van der Waals surface area contributed by atoms with E-state index in [4.69, 9.17) is 9.84 Å². The Morgan fingerprint density at radius 2 is 2.32 bits per heavy atom. The third-order valence-corrected chi connectivity index (χ3v) is 5.46. The molecule has 19 heavy (non-hydrogen) atoms. The predicted octanol–water partition coefficient (Wildman–Crippen LogP) is 0.697. The molecular formula is C12H20N2O4S. The molecule has 0 aliphatic carbocycles. The topological polar surface area (TPSA) is 82.6 Å². The van der Waals surface area contributed by atoms with Crippen LogP contribution in [0.15, 0.2) is 17.2 Å². The molecule has 1 aromatic rings. The van der Waals surface area contributed by atoms with Crippen LogP contribution in [0.25, 0.3) is 0 Å². The second-order valence-corrected chi connectivity index (χ2v) is 7.05. The van der Waals surface area contributed by atoms with Gasteiger partial charge in [0, 0.05) is 32.1 Å². The second kappa shape index (κ2) is 5.24. The molecule has 1 saturated heterocycles. The van der Waals surface area contributed by atoms with Crippen LogP contribution in [0.5, 0.6) is 0 Å². The molecule has 1 atom stereocenters. The summed E-state index contributed by atoms with van der Waals surface area (Å²) in [4.78, 5) is 2.94. The summed E-state index contributed by atoms with van der Waals surface area (Å²) < 4.78 is 31.8. The third kappa shape index (κ3) is 2.84. The number of aliphatic hydroxyl groups excluding tert-OH is 1. The summed E-state index contributed by atoms with van der Waals surface area (Å²) in [6, 6.07) is 1.47. The number of aromatic nitrogens is 1. The summed E-state index contributed by atoms with van der Waals surface area (Å²) in [6.07, 6.45) is 3.05. The molecule has 0 bridgehead atoms. The number of nitrogens with zero attached hydrogens (tertiary/aromatic N) is 1. The van der Waals surface area contributed by atoms with Crippen molar-refractivity contribution in [2.24, 2.45) is 0 Å². The Kier molecular flexibility index (Phi) is 4.00. The normalized spacial score (nSPS) is 25.6. The van der Waals surface area contributed by atoms with Crippen molar-refractivity contribution >= 4 is 10.0 Å². The summed E-state index contributed by atoms with van der Waals surface area (Å²) in [5.41, 5.74) is 0.0617. The van der Waals surface area contributed by atoms with Crippen LogP contribution in [0.1, 0.15) is 25.5 Å². The lowest BCUT2D eigenvalue weighted by molar-refractivity contribution is -0.0319. The Balaban J connectivity index is 2.24. The first-order chi connectivity index (χ1) is 8.91. The van der Waals surface area contributed by atoms with E-state index in [-0.39, 0.29) is 11.5 Å². The predicted molar refractivity (Wildman–Crippen MR) is 70.1 cm³/mol. The number of sulfonamides is 1. The fourth-order valence-corrected chi connectivity index (χ4v) is 3.95. The lowest BCUT2D eigenvalue weighted by Crippen LogP contribution is -2.49. The van der Waals surface area contributed by atoms with Gasteiger partial charge in [0.15, 0.2) is 0 Å². The molecule has 6 nitrogen and oxygen atoms in total. The summed E-state index contributed by atoms with van der Waals surface area (Å²) in [6.45, 7) is 2.57. The molecule has 0 radical (unpaired) electrons. The van der Waals surface area contributed by atoms with Gasteiger partial charge in [-0.15, -0.1) is 0 Å². The number of rotatable bonds is 4. The average molecular weight is 288 g/mol. The minimum atomic E-state index is -3.52. The van der Waals surface area contributed by atoms with E-state index >= 15 is 0 Å². The lowest BCUT2D eigenvalue weighted by atomic mass is 9.96. The minimum absolute atomic E-state index is 0.192. The molecule has 1 aliphatic rings. The molecule has 0 spiro atoms. The number of H-pyrrole nitrogens is 1. The first-order valence-electron chi connectivity index (χ1n) is 6.25. The number of nitrogens with one attached hydrogen (secondary N) is 1. The zero-order valence-corrected chi connectivity index (χ0v) is 12.0. The maximum atomic E-state index is 12.5. The minimum Gasteiger partial charge on any atom is -0.390 e. The van der Waals surface area contributed by atoms with Crippen molar-refractivity contribution in [2.75, 3.05) is 20.2 Å². The van der Waals surface area contributed by atoms with E-state index in [0.29, 0.717) is 18.8 Å². The van der Waals surface area contributed by atoms with E-state index in [2.05, 4.69) is 4.98 Å². The van der Waals surface area contributed by atoms with Gasteiger partial charge in [-0.3, -0.25) is 0 Å². The van der Waals surface area contributed by atoms with E-state index in [0.717, 1.165) is 12.8 Å². The maximum absolute atomic E-state index is 12.5. The fraction of sp³-hybridized carbons (Fsp3) is 0.667. The monoisotopic (exact) mass is 288 g/mol. The van der Waals surface area contributed by atoms with Gasteiger partial charge in [-0.2, -0.15) is 4.31 Å². The lowest BCUT2D eigenvalue weighted by Gasteiger charge is -2.38. The van der Waals surface area contributed by atoms with Crippen LogP contribution < -0.4 is 0 Å². The molecule has 2 heterocycles. The van der Waals surface area contributed by atoms with Gasteiger partial charge in [-0.05, 0) is 25.8 Å². The number of methoxy groups -OCH3 is 1. The van der Waals surface area contributed by atoms with Crippen molar-refractivity contribution in [1.29, 1.82) is 0 Å². The number of aliphatic hydroxyl groups is 1. The van der Waals surface area contributed by atoms with Crippen LogP contribution in [0.3, 0.4) is 0 Å². The van der Waals surface area contributed by atoms with Crippen LogP contribution >= 0.6 is 0 Å². The molecule has 0 amide bonds. The number of piperidine rings is 1. The molecular weight excluding hydrogens is 268 g/mol. The SMILES string of the molecule is COC1(C)CCCN(S(=O)(=O)c2c[nH]c(CO)c2)C1. The van der Waals surface area contributed by atoms with E-state index < -0.39 is 15.6 Å². The Hall–Kier alpha value is -0.890. The fourth-order valence-electron chi connectivity index (χ4n) is 2.34.